The highest BCUT2D eigenvalue weighted by Crippen LogP contribution is 2.16. The van der Waals surface area contributed by atoms with E-state index in [0.717, 1.165) is 17.0 Å². The van der Waals surface area contributed by atoms with E-state index in [2.05, 4.69) is 20.8 Å². The van der Waals surface area contributed by atoms with Crippen LogP contribution in [0.4, 0.5) is 5.69 Å². The maximum absolute atomic E-state index is 11.6. The monoisotopic (exact) mass is 284 g/mol. The Morgan fingerprint density at radius 3 is 3.05 bits per heavy atom. The number of hydrazone groups is 1. The van der Waals surface area contributed by atoms with Crippen molar-refractivity contribution in [2.24, 2.45) is 5.10 Å². The van der Waals surface area contributed by atoms with E-state index in [1.54, 1.807) is 25.6 Å². The van der Waals surface area contributed by atoms with E-state index >= 15 is 0 Å². The summed E-state index contributed by atoms with van der Waals surface area (Å²) >= 11 is 0. The first-order valence-electron chi connectivity index (χ1n) is 6.38. The highest BCUT2D eigenvalue weighted by molar-refractivity contribution is 5.84. The smallest absolute Gasteiger partial charge is 0.259 e. The van der Waals surface area contributed by atoms with Gasteiger partial charge in [0.2, 0.25) is 0 Å². The topological polar surface area (TPSA) is 75.6 Å². The lowest BCUT2D eigenvalue weighted by molar-refractivity contribution is -0.119. The maximum Gasteiger partial charge on any atom is 0.259 e. The molecular formula is C15H16N4O2. The number of rotatable bonds is 6. The molecular weight excluding hydrogens is 268 g/mol. The Labute approximate surface area is 122 Å². The summed E-state index contributed by atoms with van der Waals surface area (Å²) in [6, 6.07) is 11.0. The Bertz CT molecular complexity index is 614. The molecule has 1 amide bonds. The molecule has 0 saturated carbocycles. The predicted molar refractivity (Wildman–Crippen MR) is 81.5 cm³/mol. The number of nitrogens with one attached hydrogen (secondary N) is 2. The molecule has 0 aliphatic rings. The number of aromatic nitrogens is 1. The number of hydrogen-bond donors (Lipinski definition) is 2. The van der Waals surface area contributed by atoms with E-state index in [1.807, 2.05) is 30.3 Å². The summed E-state index contributed by atoms with van der Waals surface area (Å²) < 4.78 is 5.11. The van der Waals surface area contributed by atoms with Crippen LogP contribution < -0.4 is 15.5 Å². The average Bonchev–Trinajstić information content (AvgIpc) is 2.54. The fraction of sp³-hybridized carbons (Fsp3) is 0.133. The van der Waals surface area contributed by atoms with Gasteiger partial charge in [0, 0.05) is 29.7 Å². The SMILES string of the molecule is COc1cccc(NCC(=O)N/N=C\c2cccnc2)c1. The summed E-state index contributed by atoms with van der Waals surface area (Å²) in [7, 11) is 1.60. The van der Waals surface area contributed by atoms with Crippen LogP contribution in [-0.2, 0) is 4.79 Å². The number of hydrogen-bond acceptors (Lipinski definition) is 5. The molecule has 6 heteroatoms. The molecule has 1 heterocycles. The molecule has 2 aromatic rings. The van der Waals surface area contributed by atoms with E-state index < -0.39 is 0 Å². The number of amides is 1. The average molecular weight is 284 g/mol. The Hall–Kier alpha value is -2.89. The van der Waals surface area contributed by atoms with Crippen LogP contribution in [0.2, 0.25) is 0 Å². The highest BCUT2D eigenvalue weighted by atomic mass is 16.5. The third-order valence-corrected chi connectivity index (χ3v) is 2.61. The lowest BCUT2D eigenvalue weighted by Gasteiger charge is -2.06. The third kappa shape index (κ3) is 4.94. The second-order valence-corrected chi connectivity index (χ2v) is 4.17. The van der Waals surface area contributed by atoms with E-state index in [1.165, 1.54) is 6.21 Å². The number of anilines is 1. The molecule has 0 atom stereocenters. The van der Waals surface area contributed by atoms with Crippen molar-refractivity contribution in [1.82, 2.24) is 10.4 Å². The van der Waals surface area contributed by atoms with Gasteiger partial charge in [-0.3, -0.25) is 9.78 Å². The predicted octanol–water partition coefficient (Wildman–Crippen LogP) is 1.65. The van der Waals surface area contributed by atoms with Crippen molar-refractivity contribution < 1.29 is 9.53 Å². The van der Waals surface area contributed by atoms with Crippen LogP contribution in [-0.4, -0.2) is 30.8 Å². The molecule has 0 aliphatic heterocycles. The first-order chi connectivity index (χ1) is 10.3. The van der Waals surface area contributed by atoms with Crippen LogP contribution in [0.5, 0.6) is 5.75 Å². The number of ether oxygens (including phenoxy) is 1. The zero-order valence-electron chi connectivity index (χ0n) is 11.6. The van der Waals surface area contributed by atoms with Gasteiger partial charge in [0.25, 0.3) is 5.91 Å². The van der Waals surface area contributed by atoms with Gasteiger partial charge in [-0.2, -0.15) is 5.10 Å². The molecule has 0 unspecified atom stereocenters. The summed E-state index contributed by atoms with van der Waals surface area (Å²) in [5, 5.41) is 6.85. The molecule has 6 nitrogen and oxygen atoms in total. The summed E-state index contributed by atoms with van der Waals surface area (Å²) in [4.78, 5) is 15.6. The number of carbonyl (C=O) groups excluding carboxylic acids is 1. The fourth-order valence-electron chi connectivity index (χ4n) is 1.59. The van der Waals surface area contributed by atoms with Crippen LogP contribution in [0.15, 0.2) is 53.9 Å². The summed E-state index contributed by atoms with van der Waals surface area (Å²) in [6.45, 7) is 0.123. The van der Waals surface area contributed by atoms with E-state index in [-0.39, 0.29) is 12.5 Å². The van der Waals surface area contributed by atoms with Gasteiger partial charge in [0.05, 0.1) is 19.9 Å². The van der Waals surface area contributed by atoms with Gasteiger partial charge in [-0.05, 0) is 18.2 Å². The number of methoxy groups -OCH3 is 1. The molecule has 1 aromatic carbocycles. The van der Waals surface area contributed by atoms with Gasteiger partial charge in [0.15, 0.2) is 0 Å². The van der Waals surface area contributed by atoms with Crippen molar-refractivity contribution in [3.63, 3.8) is 0 Å². The van der Waals surface area contributed by atoms with Gasteiger partial charge in [0.1, 0.15) is 5.75 Å². The molecule has 2 N–H and O–H groups in total. The Balaban J connectivity index is 1.78. The van der Waals surface area contributed by atoms with Crippen LogP contribution in [0.1, 0.15) is 5.56 Å². The minimum Gasteiger partial charge on any atom is -0.497 e. The van der Waals surface area contributed by atoms with Gasteiger partial charge >= 0.3 is 0 Å². The number of nitrogens with zero attached hydrogens (tertiary/aromatic N) is 2. The molecule has 1 aromatic heterocycles. The second kappa shape index (κ2) is 7.64. The molecule has 21 heavy (non-hydrogen) atoms. The summed E-state index contributed by atoms with van der Waals surface area (Å²) in [6.07, 6.45) is 4.87. The van der Waals surface area contributed by atoms with Crippen LogP contribution >= 0.6 is 0 Å². The fourth-order valence-corrected chi connectivity index (χ4v) is 1.59. The Kier molecular flexibility index (Phi) is 5.28. The van der Waals surface area contributed by atoms with Gasteiger partial charge in [-0.25, -0.2) is 5.43 Å². The molecule has 0 spiro atoms. The van der Waals surface area contributed by atoms with Gasteiger partial charge < -0.3 is 10.1 Å². The van der Waals surface area contributed by atoms with E-state index in [9.17, 15) is 4.79 Å². The molecule has 0 bridgehead atoms. The summed E-state index contributed by atoms with van der Waals surface area (Å²) in [5.74, 6) is 0.493. The third-order valence-electron chi connectivity index (χ3n) is 2.61. The largest absolute Gasteiger partial charge is 0.497 e. The number of benzene rings is 1. The van der Waals surface area contributed by atoms with E-state index in [4.69, 9.17) is 4.74 Å². The lowest BCUT2D eigenvalue weighted by Crippen LogP contribution is -2.25. The molecule has 0 radical (unpaired) electrons. The van der Waals surface area contributed by atoms with Crippen molar-refractivity contribution in [2.75, 3.05) is 19.0 Å². The van der Waals surface area contributed by atoms with Crippen LogP contribution in [0.25, 0.3) is 0 Å². The van der Waals surface area contributed by atoms with Gasteiger partial charge in [-0.1, -0.05) is 12.1 Å². The lowest BCUT2D eigenvalue weighted by atomic mass is 10.3. The number of pyridine rings is 1. The zero-order valence-corrected chi connectivity index (χ0v) is 11.6. The standard InChI is InChI=1S/C15H16N4O2/c1-21-14-6-2-5-13(8-14)17-11-15(20)19-18-10-12-4-3-7-16-9-12/h2-10,17H,11H2,1H3,(H,19,20)/b18-10-. The minimum atomic E-state index is -0.238. The number of carbonyl (C=O) groups is 1. The van der Waals surface area contributed by atoms with Crippen molar-refractivity contribution in [3.05, 3.63) is 54.4 Å². The molecule has 0 fully saturated rings. The highest BCUT2D eigenvalue weighted by Gasteiger charge is 2.00. The molecule has 108 valence electrons. The molecule has 2 rings (SSSR count). The first kappa shape index (κ1) is 14.5. The Morgan fingerprint density at radius 2 is 2.29 bits per heavy atom. The van der Waals surface area contributed by atoms with Crippen molar-refractivity contribution in [2.45, 2.75) is 0 Å². The van der Waals surface area contributed by atoms with Gasteiger partial charge in [-0.15, -0.1) is 0 Å². The summed E-state index contributed by atoms with van der Waals surface area (Å²) in [5.41, 5.74) is 4.06. The van der Waals surface area contributed by atoms with Crippen molar-refractivity contribution in [3.8, 4) is 5.75 Å². The Morgan fingerprint density at radius 1 is 1.38 bits per heavy atom. The molecule has 0 aliphatic carbocycles. The van der Waals surface area contributed by atoms with Crippen LogP contribution in [0.3, 0.4) is 0 Å². The van der Waals surface area contributed by atoms with E-state index in [0.29, 0.717) is 0 Å². The minimum absolute atomic E-state index is 0.123. The normalized spacial score (nSPS) is 10.3. The van der Waals surface area contributed by atoms with Crippen molar-refractivity contribution >= 4 is 17.8 Å². The first-order valence-corrected chi connectivity index (χ1v) is 6.38. The quantitative estimate of drug-likeness (QED) is 0.625. The van der Waals surface area contributed by atoms with Crippen molar-refractivity contribution in [1.29, 1.82) is 0 Å². The van der Waals surface area contributed by atoms with Crippen LogP contribution in [0, 0.1) is 0 Å². The second-order valence-electron chi connectivity index (χ2n) is 4.17. The zero-order chi connectivity index (χ0) is 14.9. The molecule has 0 saturated heterocycles. The maximum atomic E-state index is 11.6.